The molecule has 0 amide bonds. The Balaban J connectivity index is 2.39. The molecule has 1 aromatic rings. The van der Waals surface area contributed by atoms with Crippen LogP contribution in [-0.2, 0) is 6.54 Å². The summed E-state index contributed by atoms with van der Waals surface area (Å²) in [6.45, 7) is 1.99. The topological polar surface area (TPSA) is 41.5 Å². The molecule has 1 rings (SSSR count). The zero-order valence-corrected chi connectivity index (χ0v) is 9.70. The quantitative estimate of drug-likeness (QED) is 0.769. The molecule has 0 saturated carbocycles. The Labute approximate surface area is 99.4 Å². The zero-order chi connectivity index (χ0) is 12.7. The molecule has 1 aromatic carbocycles. The fraction of sp³-hybridized carbons (Fsp3) is 0.500. The number of halogens is 2. The molecule has 0 fully saturated rings. The van der Waals surface area contributed by atoms with Gasteiger partial charge in [-0.05, 0) is 24.6 Å². The molecule has 0 bridgehead atoms. The van der Waals surface area contributed by atoms with Crippen LogP contribution in [0, 0.1) is 0 Å². The molecule has 0 radical (unpaired) electrons. The van der Waals surface area contributed by atoms with Crippen molar-refractivity contribution in [3.63, 3.8) is 0 Å². The van der Waals surface area contributed by atoms with E-state index in [1.54, 1.807) is 24.3 Å². The molecular weight excluding hydrogens is 228 g/mol. The van der Waals surface area contributed by atoms with Gasteiger partial charge < -0.3 is 15.2 Å². The van der Waals surface area contributed by atoms with E-state index in [0.717, 1.165) is 5.56 Å². The van der Waals surface area contributed by atoms with Crippen LogP contribution in [-0.4, -0.2) is 30.8 Å². The first-order chi connectivity index (χ1) is 8.11. The van der Waals surface area contributed by atoms with Gasteiger partial charge in [0.15, 0.2) is 0 Å². The summed E-state index contributed by atoms with van der Waals surface area (Å²) >= 11 is 0. The Morgan fingerprint density at radius 1 is 1.29 bits per heavy atom. The maximum absolute atomic E-state index is 11.9. The lowest BCUT2D eigenvalue weighted by Crippen LogP contribution is -2.28. The summed E-state index contributed by atoms with van der Waals surface area (Å²) in [4.78, 5) is 0. The van der Waals surface area contributed by atoms with Gasteiger partial charge >= 0.3 is 0 Å². The number of benzene rings is 1. The molecule has 3 nitrogen and oxygen atoms in total. The molecule has 0 heterocycles. The number of aliphatic hydroxyl groups excluding tert-OH is 1. The van der Waals surface area contributed by atoms with Crippen molar-refractivity contribution in [1.29, 1.82) is 0 Å². The summed E-state index contributed by atoms with van der Waals surface area (Å²) in [6, 6.07) is 6.95. The molecule has 0 aromatic heterocycles. The van der Waals surface area contributed by atoms with E-state index in [2.05, 4.69) is 5.32 Å². The van der Waals surface area contributed by atoms with Gasteiger partial charge in [-0.3, -0.25) is 0 Å². The monoisotopic (exact) mass is 245 g/mol. The summed E-state index contributed by atoms with van der Waals surface area (Å²) in [5.74, 6) is 0.434. The van der Waals surface area contributed by atoms with Crippen LogP contribution in [0.2, 0.25) is 0 Å². The Morgan fingerprint density at radius 3 is 2.47 bits per heavy atom. The lowest BCUT2D eigenvalue weighted by Gasteiger charge is -2.11. The van der Waals surface area contributed by atoms with Crippen LogP contribution in [0.3, 0.4) is 0 Å². The Bertz CT molecular complexity index is 317. The Morgan fingerprint density at radius 2 is 1.94 bits per heavy atom. The van der Waals surface area contributed by atoms with Crippen molar-refractivity contribution in [1.82, 2.24) is 5.32 Å². The van der Waals surface area contributed by atoms with Crippen LogP contribution >= 0.6 is 0 Å². The van der Waals surface area contributed by atoms with Crippen molar-refractivity contribution < 1.29 is 18.6 Å². The predicted molar refractivity (Wildman–Crippen MR) is 61.3 cm³/mol. The van der Waals surface area contributed by atoms with Crippen LogP contribution in [0.4, 0.5) is 8.78 Å². The highest BCUT2D eigenvalue weighted by Gasteiger charge is 2.03. The molecule has 17 heavy (non-hydrogen) atoms. The Kier molecular flexibility index (Phi) is 5.86. The van der Waals surface area contributed by atoms with Gasteiger partial charge in [0, 0.05) is 12.6 Å². The summed E-state index contributed by atoms with van der Waals surface area (Å²) in [5, 5.41) is 11.9. The number of ether oxygens (including phenoxy) is 1. The van der Waals surface area contributed by atoms with Crippen molar-refractivity contribution in [3.05, 3.63) is 29.8 Å². The summed E-state index contributed by atoms with van der Waals surface area (Å²) in [6.07, 6.45) is -2.46. The smallest absolute Gasteiger partial charge is 0.272 e. The average Bonchev–Trinajstić information content (AvgIpc) is 2.34. The number of aliphatic hydroxyl groups is 1. The van der Waals surface area contributed by atoms with Gasteiger partial charge in [0.1, 0.15) is 12.4 Å². The van der Waals surface area contributed by atoms with E-state index in [-0.39, 0.29) is 12.6 Å². The molecular formula is C12H17F2NO2. The highest BCUT2D eigenvalue weighted by atomic mass is 19.3. The SMILES string of the molecule is C[C@@H](CO)NCc1ccc(OCC(F)F)cc1. The summed E-state index contributed by atoms with van der Waals surface area (Å²) in [5.41, 5.74) is 1.01. The van der Waals surface area contributed by atoms with Gasteiger partial charge in [-0.15, -0.1) is 0 Å². The fourth-order valence-electron chi connectivity index (χ4n) is 1.22. The average molecular weight is 245 g/mol. The Hall–Kier alpha value is -1.20. The predicted octanol–water partition coefficient (Wildman–Crippen LogP) is 1.80. The van der Waals surface area contributed by atoms with Crippen molar-refractivity contribution in [2.45, 2.75) is 25.9 Å². The minimum atomic E-state index is -2.46. The number of hydrogen-bond donors (Lipinski definition) is 2. The molecule has 1 atom stereocenters. The standard InChI is InChI=1S/C12H17F2NO2/c1-9(7-16)15-6-10-2-4-11(5-3-10)17-8-12(13)14/h2-5,9,12,15-16H,6-8H2,1H3/t9-/m0/s1. The maximum Gasteiger partial charge on any atom is 0.272 e. The van der Waals surface area contributed by atoms with E-state index >= 15 is 0 Å². The van der Waals surface area contributed by atoms with E-state index in [1.165, 1.54) is 0 Å². The molecule has 0 aliphatic rings. The third-order valence-corrected chi connectivity index (χ3v) is 2.23. The molecule has 2 N–H and O–H groups in total. The third kappa shape index (κ3) is 5.60. The van der Waals surface area contributed by atoms with Crippen molar-refractivity contribution in [2.75, 3.05) is 13.2 Å². The van der Waals surface area contributed by atoms with E-state index in [0.29, 0.717) is 12.3 Å². The molecule has 96 valence electrons. The number of hydrogen-bond acceptors (Lipinski definition) is 3. The summed E-state index contributed by atoms with van der Waals surface area (Å²) in [7, 11) is 0. The van der Waals surface area contributed by atoms with Gasteiger partial charge in [-0.2, -0.15) is 0 Å². The number of rotatable bonds is 7. The second-order valence-electron chi connectivity index (χ2n) is 3.81. The van der Waals surface area contributed by atoms with E-state index in [1.807, 2.05) is 6.92 Å². The van der Waals surface area contributed by atoms with Gasteiger partial charge in [-0.25, -0.2) is 8.78 Å². The molecule has 0 spiro atoms. The number of nitrogens with one attached hydrogen (secondary N) is 1. The van der Waals surface area contributed by atoms with E-state index in [9.17, 15) is 8.78 Å². The zero-order valence-electron chi connectivity index (χ0n) is 9.70. The third-order valence-electron chi connectivity index (χ3n) is 2.23. The molecule has 0 aliphatic carbocycles. The van der Waals surface area contributed by atoms with Gasteiger partial charge in [0.05, 0.1) is 6.61 Å². The fourth-order valence-corrected chi connectivity index (χ4v) is 1.22. The molecule has 0 aliphatic heterocycles. The minimum Gasteiger partial charge on any atom is -0.488 e. The van der Waals surface area contributed by atoms with Crippen molar-refractivity contribution >= 4 is 0 Å². The highest BCUT2D eigenvalue weighted by Crippen LogP contribution is 2.13. The molecule has 0 unspecified atom stereocenters. The van der Waals surface area contributed by atoms with Crippen molar-refractivity contribution in [3.8, 4) is 5.75 Å². The first-order valence-electron chi connectivity index (χ1n) is 5.46. The normalized spacial score (nSPS) is 12.8. The van der Waals surface area contributed by atoms with Crippen LogP contribution in [0.5, 0.6) is 5.75 Å². The second-order valence-corrected chi connectivity index (χ2v) is 3.81. The minimum absolute atomic E-state index is 0.0322. The summed E-state index contributed by atoms with van der Waals surface area (Å²) < 4.78 is 28.6. The van der Waals surface area contributed by atoms with Crippen LogP contribution in [0.1, 0.15) is 12.5 Å². The molecule has 5 heteroatoms. The van der Waals surface area contributed by atoms with Crippen LogP contribution in [0.25, 0.3) is 0 Å². The first kappa shape index (κ1) is 13.9. The molecule has 0 saturated heterocycles. The van der Waals surface area contributed by atoms with Crippen molar-refractivity contribution in [2.24, 2.45) is 0 Å². The highest BCUT2D eigenvalue weighted by molar-refractivity contribution is 5.27. The van der Waals surface area contributed by atoms with Crippen LogP contribution < -0.4 is 10.1 Å². The van der Waals surface area contributed by atoms with E-state index < -0.39 is 13.0 Å². The van der Waals surface area contributed by atoms with Crippen LogP contribution in [0.15, 0.2) is 24.3 Å². The maximum atomic E-state index is 11.9. The lowest BCUT2D eigenvalue weighted by atomic mass is 10.2. The van der Waals surface area contributed by atoms with Gasteiger partial charge in [0.2, 0.25) is 0 Å². The number of alkyl halides is 2. The van der Waals surface area contributed by atoms with E-state index in [4.69, 9.17) is 9.84 Å². The second kappa shape index (κ2) is 7.19. The largest absolute Gasteiger partial charge is 0.488 e. The van der Waals surface area contributed by atoms with Gasteiger partial charge in [-0.1, -0.05) is 12.1 Å². The van der Waals surface area contributed by atoms with Gasteiger partial charge in [0.25, 0.3) is 6.43 Å². The lowest BCUT2D eigenvalue weighted by molar-refractivity contribution is 0.0819. The first-order valence-corrected chi connectivity index (χ1v) is 5.46.